The largest absolute Gasteiger partial charge is 0.477 e. The van der Waals surface area contributed by atoms with E-state index in [0.29, 0.717) is 6.54 Å². The number of fused-ring (bicyclic) bond motifs is 2. The Kier molecular flexibility index (Phi) is 4.38. The van der Waals surface area contributed by atoms with E-state index < -0.39 is 11.5 Å². The summed E-state index contributed by atoms with van der Waals surface area (Å²) in [6.45, 7) is 2.30. The zero-order valence-corrected chi connectivity index (χ0v) is 15.6. The van der Waals surface area contributed by atoms with Gasteiger partial charge in [-0.1, -0.05) is 28.1 Å². The van der Waals surface area contributed by atoms with Gasteiger partial charge in [0, 0.05) is 30.3 Å². The minimum atomic E-state index is -1.19. The van der Waals surface area contributed by atoms with Crippen LogP contribution in [0.1, 0.15) is 27.0 Å². The van der Waals surface area contributed by atoms with Crippen LogP contribution in [0.4, 0.5) is 0 Å². The fourth-order valence-corrected chi connectivity index (χ4v) is 3.97. The standard InChI is InChI=1S/C20H17BrN2O3/c21-16-5-4-14-11-22(8-6-13(14)9-16)12-15-10-17(20(25)26)19(24)23-7-2-1-3-18(15)23/h1-5,7,9-10H,6,8,11-12H2,(H,25,26). The summed E-state index contributed by atoms with van der Waals surface area (Å²) in [6, 6.07) is 13.3. The van der Waals surface area contributed by atoms with E-state index >= 15 is 0 Å². The molecular weight excluding hydrogens is 396 g/mol. The van der Waals surface area contributed by atoms with Crippen LogP contribution in [0.15, 0.2) is 57.9 Å². The number of aromatic carboxylic acids is 1. The maximum Gasteiger partial charge on any atom is 0.341 e. The summed E-state index contributed by atoms with van der Waals surface area (Å²) >= 11 is 3.51. The minimum Gasteiger partial charge on any atom is -0.477 e. The number of halogens is 1. The lowest BCUT2D eigenvalue weighted by Gasteiger charge is -2.29. The first-order valence-electron chi connectivity index (χ1n) is 8.39. The molecule has 0 bridgehead atoms. The van der Waals surface area contributed by atoms with Gasteiger partial charge in [0.05, 0.1) is 5.52 Å². The summed E-state index contributed by atoms with van der Waals surface area (Å²) in [5, 5.41) is 9.38. The molecule has 0 spiro atoms. The molecule has 1 N–H and O–H groups in total. The van der Waals surface area contributed by atoms with Crippen molar-refractivity contribution in [2.24, 2.45) is 0 Å². The van der Waals surface area contributed by atoms with Crippen molar-refractivity contribution in [3.8, 4) is 0 Å². The average Bonchev–Trinajstić information content (AvgIpc) is 2.64. The van der Waals surface area contributed by atoms with E-state index in [2.05, 4.69) is 33.0 Å². The summed E-state index contributed by atoms with van der Waals surface area (Å²) in [6.07, 6.45) is 2.57. The van der Waals surface area contributed by atoms with Gasteiger partial charge < -0.3 is 5.11 Å². The summed E-state index contributed by atoms with van der Waals surface area (Å²) < 4.78 is 2.51. The van der Waals surface area contributed by atoms with E-state index in [9.17, 15) is 14.7 Å². The highest BCUT2D eigenvalue weighted by molar-refractivity contribution is 9.10. The first-order chi connectivity index (χ1) is 12.5. The van der Waals surface area contributed by atoms with Gasteiger partial charge >= 0.3 is 5.97 Å². The van der Waals surface area contributed by atoms with Crippen molar-refractivity contribution in [2.45, 2.75) is 19.5 Å². The number of benzene rings is 1. The molecule has 1 aliphatic rings. The van der Waals surface area contributed by atoms with E-state index in [1.807, 2.05) is 18.2 Å². The summed E-state index contributed by atoms with van der Waals surface area (Å²) in [7, 11) is 0. The molecule has 0 atom stereocenters. The zero-order valence-electron chi connectivity index (χ0n) is 14.0. The highest BCUT2D eigenvalue weighted by Gasteiger charge is 2.20. The predicted octanol–water partition coefficient (Wildman–Crippen LogP) is 3.32. The molecule has 2 aromatic heterocycles. The second kappa shape index (κ2) is 6.70. The minimum absolute atomic E-state index is 0.190. The Bertz CT molecular complexity index is 1070. The lowest BCUT2D eigenvalue weighted by molar-refractivity contribution is 0.0694. The molecule has 3 heterocycles. The number of carboxylic acid groups (broad SMARTS) is 1. The van der Waals surface area contributed by atoms with Crippen molar-refractivity contribution < 1.29 is 9.90 Å². The number of aromatic nitrogens is 1. The lowest BCUT2D eigenvalue weighted by atomic mass is 9.99. The van der Waals surface area contributed by atoms with Gasteiger partial charge in [-0.25, -0.2) is 4.79 Å². The Hall–Kier alpha value is -2.44. The van der Waals surface area contributed by atoms with Gasteiger partial charge in [-0.2, -0.15) is 0 Å². The van der Waals surface area contributed by atoms with Crippen molar-refractivity contribution in [2.75, 3.05) is 6.54 Å². The summed E-state index contributed by atoms with van der Waals surface area (Å²) in [5.41, 5.74) is 3.55. The second-order valence-electron chi connectivity index (χ2n) is 6.52. The highest BCUT2D eigenvalue weighted by Crippen LogP contribution is 2.24. The fourth-order valence-electron chi connectivity index (χ4n) is 3.56. The van der Waals surface area contributed by atoms with Crippen LogP contribution in [0.2, 0.25) is 0 Å². The van der Waals surface area contributed by atoms with E-state index in [1.165, 1.54) is 21.6 Å². The molecule has 0 fully saturated rings. The molecule has 0 amide bonds. The molecule has 1 aromatic carbocycles. The lowest BCUT2D eigenvalue weighted by Crippen LogP contribution is -2.31. The molecule has 0 saturated carbocycles. The van der Waals surface area contributed by atoms with Crippen molar-refractivity contribution >= 4 is 27.4 Å². The van der Waals surface area contributed by atoms with Crippen LogP contribution in [0.5, 0.6) is 0 Å². The van der Waals surface area contributed by atoms with E-state index in [4.69, 9.17) is 0 Å². The van der Waals surface area contributed by atoms with Crippen molar-refractivity contribution in [1.29, 1.82) is 0 Å². The molecule has 0 aliphatic carbocycles. The smallest absolute Gasteiger partial charge is 0.341 e. The van der Waals surface area contributed by atoms with Crippen LogP contribution in [-0.4, -0.2) is 26.9 Å². The molecule has 0 radical (unpaired) electrons. The van der Waals surface area contributed by atoms with Gasteiger partial charge in [0.2, 0.25) is 0 Å². The Morgan fingerprint density at radius 1 is 1.15 bits per heavy atom. The molecular formula is C20H17BrN2O3. The number of rotatable bonds is 3. The molecule has 132 valence electrons. The van der Waals surface area contributed by atoms with Gasteiger partial charge in [-0.05, 0) is 53.4 Å². The van der Waals surface area contributed by atoms with Crippen LogP contribution in [0, 0.1) is 0 Å². The van der Waals surface area contributed by atoms with Crippen molar-refractivity contribution in [1.82, 2.24) is 9.30 Å². The first kappa shape index (κ1) is 17.0. The van der Waals surface area contributed by atoms with Crippen molar-refractivity contribution in [3.63, 3.8) is 0 Å². The van der Waals surface area contributed by atoms with Crippen molar-refractivity contribution in [3.05, 3.63) is 85.7 Å². The molecule has 3 aromatic rings. The molecule has 5 nitrogen and oxygen atoms in total. The maximum absolute atomic E-state index is 12.4. The molecule has 26 heavy (non-hydrogen) atoms. The number of hydrogen-bond acceptors (Lipinski definition) is 3. The molecule has 6 heteroatoms. The predicted molar refractivity (Wildman–Crippen MR) is 103 cm³/mol. The Balaban J connectivity index is 1.71. The van der Waals surface area contributed by atoms with Crippen LogP contribution < -0.4 is 5.56 Å². The van der Waals surface area contributed by atoms with Gasteiger partial charge in [-0.3, -0.25) is 14.1 Å². The maximum atomic E-state index is 12.4. The Labute approximate surface area is 158 Å². The van der Waals surface area contributed by atoms with Crippen LogP contribution in [0.25, 0.3) is 5.52 Å². The summed E-state index contributed by atoms with van der Waals surface area (Å²) in [4.78, 5) is 26.1. The quantitative estimate of drug-likeness (QED) is 0.716. The highest BCUT2D eigenvalue weighted by atomic mass is 79.9. The molecule has 0 saturated heterocycles. The third kappa shape index (κ3) is 3.06. The van der Waals surface area contributed by atoms with E-state index in [-0.39, 0.29) is 5.56 Å². The number of pyridine rings is 2. The van der Waals surface area contributed by atoms with E-state index in [1.54, 1.807) is 12.3 Å². The van der Waals surface area contributed by atoms with Gasteiger partial charge in [0.15, 0.2) is 0 Å². The van der Waals surface area contributed by atoms with E-state index in [0.717, 1.165) is 35.1 Å². The number of hydrogen-bond donors (Lipinski definition) is 1. The summed E-state index contributed by atoms with van der Waals surface area (Å²) in [5.74, 6) is -1.19. The Morgan fingerprint density at radius 2 is 2.00 bits per heavy atom. The second-order valence-corrected chi connectivity index (χ2v) is 7.44. The zero-order chi connectivity index (χ0) is 18.3. The van der Waals surface area contributed by atoms with Gasteiger partial charge in [-0.15, -0.1) is 0 Å². The van der Waals surface area contributed by atoms with Crippen LogP contribution >= 0.6 is 15.9 Å². The van der Waals surface area contributed by atoms with Crippen LogP contribution in [-0.2, 0) is 19.5 Å². The molecule has 0 unspecified atom stereocenters. The third-order valence-electron chi connectivity index (χ3n) is 4.84. The van der Waals surface area contributed by atoms with Crippen LogP contribution in [0.3, 0.4) is 0 Å². The first-order valence-corrected chi connectivity index (χ1v) is 9.18. The SMILES string of the molecule is O=C(O)c1cc(CN2CCc3cc(Br)ccc3C2)c2ccccn2c1=O. The number of nitrogens with zero attached hydrogens (tertiary/aromatic N) is 2. The topological polar surface area (TPSA) is 62.0 Å². The number of carbonyl (C=O) groups is 1. The normalized spacial score (nSPS) is 14.3. The number of carboxylic acids is 1. The third-order valence-corrected chi connectivity index (χ3v) is 5.33. The molecule has 1 aliphatic heterocycles. The van der Waals surface area contributed by atoms with Gasteiger partial charge in [0.1, 0.15) is 5.56 Å². The fraction of sp³-hybridized carbons (Fsp3) is 0.200. The molecule has 4 rings (SSSR count). The average molecular weight is 413 g/mol. The van der Waals surface area contributed by atoms with Gasteiger partial charge in [0.25, 0.3) is 5.56 Å². The Morgan fingerprint density at radius 3 is 2.81 bits per heavy atom. The monoisotopic (exact) mass is 412 g/mol.